The molecule has 1 fully saturated rings. The summed E-state index contributed by atoms with van der Waals surface area (Å²) in [5.74, 6) is -2.05. The van der Waals surface area contributed by atoms with Crippen LogP contribution in [0.4, 0.5) is 8.78 Å². The van der Waals surface area contributed by atoms with Crippen molar-refractivity contribution >= 4 is 0 Å². The highest BCUT2D eigenvalue weighted by Crippen LogP contribution is 2.51. The lowest BCUT2D eigenvalue weighted by Gasteiger charge is -2.42. The number of benzene rings is 1. The molecule has 2 nitrogen and oxygen atoms in total. The predicted octanol–water partition coefficient (Wildman–Crippen LogP) is 4.11. The third-order valence-corrected chi connectivity index (χ3v) is 4.52. The molecule has 1 aromatic carbocycles. The van der Waals surface area contributed by atoms with Gasteiger partial charge in [-0.15, -0.1) is 0 Å². The SMILES string of the molecule is CC1(C)CCC(C#N)(C(O)c2cccc(F)c2F)CC1. The number of hydrogen-bond donors (Lipinski definition) is 1. The molecule has 108 valence electrons. The van der Waals surface area contributed by atoms with E-state index in [9.17, 15) is 19.1 Å². The van der Waals surface area contributed by atoms with Gasteiger partial charge in [-0.3, -0.25) is 0 Å². The van der Waals surface area contributed by atoms with Crippen molar-refractivity contribution in [3.63, 3.8) is 0 Å². The molecule has 0 saturated heterocycles. The van der Waals surface area contributed by atoms with Gasteiger partial charge in [-0.25, -0.2) is 8.78 Å². The Balaban J connectivity index is 2.33. The number of hydrogen-bond acceptors (Lipinski definition) is 2. The summed E-state index contributed by atoms with van der Waals surface area (Å²) in [6.45, 7) is 4.23. The Labute approximate surface area is 118 Å². The van der Waals surface area contributed by atoms with E-state index in [0.717, 1.165) is 18.9 Å². The zero-order chi connectivity index (χ0) is 15.0. The molecule has 1 aliphatic rings. The van der Waals surface area contributed by atoms with Crippen LogP contribution in [0.3, 0.4) is 0 Å². The highest BCUT2D eigenvalue weighted by Gasteiger charge is 2.45. The summed E-state index contributed by atoms with van der Waals surface area (Å²) in [6, 6.07) is 5.87. The predicted molar refractivity (Wildman–Crippen MR) is 71.6 cm³/mol. The molecule has 0 spiro atoms. The Morgan fingerprint density at radius 3 is 2.35 bits per heavy atom. The molecule has 0 bridgehead atoms. The van der Waals surface area contributed by atoms with E-state index in [0.29, 0.717) is 12.8 Å². The van der Waals surface area contributed by atoms with Crippen molar-refractivity contribution in [3.05, 3.63) is 35.4 Å². The number of nitrogens with zero attached hydrogens (tertiary/aromatic N) is 1. The van der Waals surface area contributed by atoms with E-state index >= 15 is 0 Å². The Morgan fingerprint density at radius 1 is 1.20 bits per heavy atom. The van der Waals surface area contributed by atoms with Gasteiger partial charge in [-0.1, -0.05) is 26.0 Å². The number of aliphatic hydroxyl groups excluding tert-OH is 1. The van der Waals surface area contributed by atoms with Gasteiger partial charge in [0.2, 0.25) is 0 Å². The van der Waals surface area contributed by atoms with Crippen LogP contribution in [-0.4, -0.2) is 5.11 Å². The first-order chi connectivity index (χ1) is 9.31. The molecular weight excluding hydrogens is 260 g/mol. The first-order valence-electron chi connectivity index (χ1n) is 6.85. The minimum absolute atomic E-state index is 0.119. The summed E-state index contributed by atoms with van der Waals surface area (Å²) in [6.07, 6.45) is 1.27. The largest absolute Gasteiger partial charge is 0.387 e. The van der Waals surface area contributed by atoms with Crippen molar-refractivity contribution in [1.82, 2.24) is 0 Å². The van der Waals surface area contributed by atoms with E-state index < -0.39 is 23.2 Å². The molecule has 0 aliphatic heterocycles. The zero-order valence-electron chi connectivity index (χ0n) is 11.8. The molecule has 0 aromatic heterocycles. The van der Waals surface area contributed by atoms with Gasteiger partial charge in [0.15, 0.2) is 11.6 Å². The van der Waals surface area contributed by atoms with Crippen molar-refractivity contribution in [2.75, 3.05) is 0 Å². The van der Waals surface area contributed by atoms with Gasteiger partial charge < -0.3 is 5.11 Å². The minimum Gasteiger partial charge on any atom is -0.387 e. The fraction of sp³-hybridized carbons (Fsp3) is 0.562. The number of rotatable bonds is 2. The monoisotopic (exact) mass is 279 g/mol. The fourth-order valence-corrected chi connectivity index (χ4v) is 2.85. The van der Waals surface area contributed by atoms with Gasteiger partial charge in [-0.05, 0) is 37.2 Å². The van der Waals surface area contributed by atoms with Crippen molar-refractivity contribution in [2.45, 2.75) is 45.6 Å². The molecule has 1 aliphatic carbocycles. The topological polar surface area (TPSA) is 44.0 Å². The molecule has 20 heavy (non-hydrogen) atoms. The van der Waals surface area contributed by atoms with Crippen molar-refractivity contribution in [2.24, 2.45) is 10.8 Å². The zero-order valence-corrected chi connectivity index (χ0v) is 11.8. The van der Waals surface area contributed by atoms with E-state index in [1.807, 2.05) is 0 Å². The van der Waals surface area contributed by atoms with E-state index in [-0.39, 0.29) is 11.0 Å². The second kappa shape index (κ2) is 5.14. The number of aliphatic hydroxyl groups is 1. The molecule has 0 heterocycles. The minimum atomic E-state index is -1.29. The van der Waals surface area contributed by atoms with Crippen molar-refractivity contribution in [1.29, 1.82) is 5.26 Å². The Kier molecular flexibility index (Phi) is 3.84. The van der Waals surface area contributed by atoms with Gasteiger partial charge in [0.1, 0.15) is 6.10 Å². The molecular formula is C16H19F2NO. The highest BCUT2D eigenvalue weighted by molar-refractivity contribution is 5.26. The maximum atomic E-state index is 13.8. The lowest BCUT2D eigenvalue weighted by molar-refractivity contribution is 0.00716. The van der Waals surface area contributed by atoms with Gasteiger partial charge in [-0.2, -0.15) is 5.26 Å². The van der Waals surface area contributed by atoms with Crippen LogP contribution >= 0.6 is 0 Å². The summed E-state index contributed by atoms with van der Waals surface area (Å²) in [5, 5.41) is 19.9. The number of halogens is 2. The normalized spacial score (nSPS) is 22.0. The molecule has 2 rings (SSSR count). The van der Waals surface area contributed by atoms with E-state index in [2.05, 4.69) is 19.9 Å². The van der Waals surface area contributed by atoms with E-state index in [1.165, 1.54) is 12.1 Å². The van der Waals surface area contributed by atoms with Crippen LogP contribution in [0.1, 0.15) is 51.2 Å². The van der Waals surface area contributed by atoms with Crippen LogP contribution in [-0.2, 0) is 0 Å². The quantitative estimate of drug-likeness (QED) is 0.885. The molecule has 1 aromatic rings. The molecule has 4 heteroatoms. The molecule has 0 amide bonds. The van der Waals surface area contributed by atoms with Crippen LogP contribution in [0.25, 0.3) is 0 Å². The lowest BCUT2D eigenvalue weighted by Crippen LogP contribution is -2.35. The fourth-order valence-electron chi connectivity index (χ4n) is 2.85. The van der Waals surface area contributed by atoms with E-state index in [1.54, 1.807) is 0 Å². The molecule has 0 radical (unpaired) electrons. The highest BCUT2D eigenvalue weighted by atomic mass is 19.2. The van der Waals surface area contributed by atoms with Crippen molar-refractivity contribution < 1.29 is 13.9 Å². The van der Waals surface area contributed by atoms with Crippen molar-refractivity contribution in [3.8, 4) is 6.07 Å². The maximum Gasteiger partial charge on any atom is 0.164 e. The first kappa shape index (κ1) is 14.9. The Bertz CT molecular complexity index is 538. The second-order valence-electron chi connectivity index (χ2n) is 6.48. The Morgan fingerprint density at radius 2 is 1.80 bits per heavy atom. The summed E-state index contributed by atoms with van der Waals surface area (Å²) in [5.41, 5.74) is -1.02. The van der Waals surface area contributed by atoms with Crippen LogP contribution in [0.2, 0.25) is 0 Å². The average Bonchev–Trinajstić information content (AvgIpc) is 2.42. The first-order valence-corrected chi connectivity index (χ1v) is 6.85. The molecule has 1 N–H and O–H groups in total. The van der Waals surface area contributed by atoms with Gasteiger partial charge >= 0.3 is 0 Å². The molecule has 1 saturated carbocycles. The average molecular weight is 279 g/mol. The van der Waals surface area contributed by atoms with Gasteiger partial charge in [0.25, 0.3) is 0 Å². The summed E-state index contributed by atoms with van der Waals surface area (Å²) in [7, 11) is 0. The van der Waals surface area contributed by atoms with Gasteiger partial charge in [0, 0.05) is 5.56 Å². The standard InChI is InChI=1S/C16H19F2NO/c1-15(2)6-8-16(10-19,9-7-15)14(20)11-4-3-5-12(17)13(11)18/h3-5,14,20H,6-9H2,1-2H3. The van der Waals surface area contributed by atoms with Crippen LogP contribution in [0.15, 0.2) is 18.2 Å². The van der Waals surface area contributed by atoms with Crippen LogP contribution < -0.4 is 0 Å². The van der Waals surface area contributed by atoms with E-state index in [4.69, 9.17) is 0 Å². The summed E-state index contributed by atoms with van der Waals surface area (Å²) >= 11 is 0. The lowest BCUT2D eigenvalue weighted by atomic mass is 9.62. The Hall–Kier alpha value is -1.47. The molecule has 1 unspecified atom stereocenters. The third kappa shape index (κ3) is 2.55. The molecule has 1 atom stereocenters. The van der Waals surface area contributed by atoms with Gasteiger partial charge in [0.05, 0.1) is 11.5 Å². The summed E-state index contributed by atoms with van der Waals surface area (Å²) in [4.78, 5) is 0. The van der Waals surface area contributed by atoms with Crippen LogP contribution in [0.5, 0.6) is 0 Å². The number of nitriles is 1. The maximum absolute atomic E-state index is 13.8. The smallest absolute Gasteiger partial charge is 0.164 e. The summed E-state index contributed by atoms with van der Waals surface area (Å²) < 4.78 is 27.1. The van der Waals surface area contributed by atoms with Crippen LogP contribution in [0, 0.1) is 33.8 Å². The second-order valence-corrected chi connectivity index (χ2v) is 6.48. The third-order valence-electron chi connectivity index (χ3n) is 4.52.